The number of amidine groups is 1. The maximum Gasteiger partial charge on any atom is 0.385 e. The van der Waals surface area contributed by atoms with Crippen molar-refractivity contribution in [2.45, 2.75) is 13.5 Å². The van der Waals surface area contributed by atoms with Gasteiger partial charge in [-0.2, -0.15) is 4.98 Å². The highest BCUT2D eigenvalue weighted by Crippen LogP contribution is 2.43. The molecule has 2 aromatic heterocycles. The van der Waals surface area contributed by atoms with E-state index in [1.165, 1.54) is 29.1 Å². The Labute approximate surface area is 266 Å². The summed E-state index contributed by atoms with van der Waals surface area (Å²) in [6.07, 6.45) is 5.78. The fourth-order valence-electron chi connectivity index (χ4n) is 4.77. The van der Waals surface area contributed by atoms with E-state index in [0.717, 1.165) is 43.0 Å². The number of hydrogen-bond acceptors (Lipinski definition) is 10. The summed E-state index contributed by atoms with van der Waals surface area (Å²) in [6, 6.07) is 16.3. The molecule has 0 atom stereocenters. The van der Waals surface area contributed by atoms with E-state index in [2.05, 4.69) is 45.6 Å². The number of aromatic nitrogens is 2. The SMILES string of the molecule is CCN1CO/C(=c2\nc3c(o2)=CC=CN3C)S/C1=C1/OCN(Cc2ccccc2)C(=Nc2sc3cc(Cl)ccc3[n+]2C)S1. The molecule has 2 saturated heterocycles. The molecular formula is C30H28ClN6O3S3+. The van der Waals surface area contributed by atoms with Gasteiger partial charge in [-0.1, -0.05) is 41.9 Å². The van der Waals surface area contributed by atoms with E-state index >= 15 is 0 Å². The second-order valence-electron chi connectivity index (χ2n) is 9.95. The lowest BCUT2D eigenvalue weighted by molar-refractivity contribution is -0.627. The van der Waals surface area contributed by atoms with Gasteiger partial charge in [0.2, 0.25) is 5.09 Å². The number of rotatable bonds is 4. The first-order chi connectivity index (χ1) is 21.0. The summed E-state index contributed by atoms with van der Waals surface area (Å²) >= 11 is 10.9. The van der Waals surface area contributed by atoms with Gasteiger partial charge in [-0.3, -0.25) is 4.90 Å². The molecule has 0 radical (unpaired) electrons. The monoisotopic (exact) mass is 651 g/mol. The molecule has 4 aromatic rings. The third-order valence-electron chi connectivity index (χ3n) is 7.07. The normalized spacial score (nSPS) is 20.7. The number of thioether (sulfide) groups is 2. The van der Waals surface area contributed by atoms with Gasteiger partial charge < -0.3 is 23.7 Å². The van der Waals surface area contributed by atoms with E-state index in [1.807, 2.05) is 61.6 Å². The van der Waals surface area contributed by atoms with Crippen molar-refractivity contribution in [2.75, 3.05) is 32.0 Å². The summed E-state index contributed by atoms with van der Waals surface area (Å²) in [5.41, 5.74) is 3.42. The Bertz CT molecular complexity index is 1920. The average molecular weight is 652 g/mol. The molecule has 0 unspecified atom stereocenters. The Hall–Kier alpha value is -3.58. The molecular weight excluding hydrogens is 624 g/mol. The number of benzene rings is 2. The standard InChI is InChI=1S/C30H28ClN6O3S3/c1-4-36-17-38-27(25-32-24-22(40-25)11-8-14-34(24)2)42-26(36)28-39-18-37(16-19-9-6-5-7-10-19)30(43-28)33-29-35(3)21-13-12-20(31)15-23(21)41-29/h5-15H,4,16-18H2,1-3H3/q+1/b27-25-,28-26-. The van der Waals surface area contributed by atoms with Gasteiger partial charge in [-0.05, 0) is 70.9 Å². The number of nitrogens with zero attached hydrogens (tertiary/aromatic N) is 6. The molecule has 220 valence electrons. The molecule has 9 nitrogen and oxygen atoms in total. The molecule has 0 N–H and O–H groups in total. The van der Waals surface area contributed by atoms with Crippen LogP contribution in [0.4, 0.5) is 10.9 Å². The van der Waals surface area contributed by atoms with Gasteiger partial charge in [0, 0.05) is 36.6 Å². The first-order valence-corrected chi connectivity index (χ1v) is 16.5. The third kappa shape index (κ3) is 5.60. The molecule has 3 aliphatic rings. The van der Waals surface area contributed by atoms with Crippen LogP contribution in [0.15, 0.2) is 80.3 Å². The number of aliphatic imine (C=N–C) groups is 1. The second kappa shape index (κ2) is 11.8. The average Bonchev–Trinajstić information content (AvgIpc) is 3.60. The van der Waals surface area contributed by atoms with Crippen LogP contribution in [-0.4, -0.2) is 47.0 Å². The molecule has 0 spiro atoms. The first-order valence-electron chi connectivity index (χ1n) is 13.7. The largest absolute Gasteiger partial charge is 0.463 e. The first kappa shape index (κ1) is 28.2. The summed E-state index contributed by atoms with van der Waals surface area (Å²) < 4.78 is 21.8. The number of allylic oxidation sites excluding steroid dienone is 1. The van der Waals surface area contributed by atoms with Crippen LogP contribution in [0, 0.1) is 0 Å². The predicted octanol–water partition coefficient (Wildman–Crippen LogP) is 5.26. The van der Waals surface area contributed by atoms with E-state index in [-0.39, 0.29) is 0 Å². The number of fused-ring (bicyclic) bond motifs is 2. The van der Waals surface area contributed by atoms with Crippen molar-refractivity contribution in [1.29, 1.82) is 0 Å². The Morgan fingerprint density at radius 1 is 1.05 bits per heavy atom. The molecule has 5 heterocycles. The van der Waals surface area contributed by atoms with Gasteiger partial charge in [-0.15, -0.1) is 0 Å². The summed E-state index contributed by atoms with van der Waals surface area (Å²) in [5.74, 6) is 0.757. The van der Waals surface area contributed by atoms with Crippen molar-refractivity contribution in [3.63, 3.8) is 0 Å². The number of thiazole rings is 1. The van der Waals surface area contributed by atoms with E-state index < -0.39 is 0 Å². The number of hydrogen-bond donors (Lipinski definition) is 0. The van der Waals surface area contributed by atoms with Crippen molar-refractivity contribution in [3.05, 3.63) is 92.5 Å². The van der Waals surface area contributed by atoms with Crippen molar-refractivity contribution < 1.29 is 18.5 Å². The second-order valence-corrected chi connectivity index (χ2v) is 13.3. The van der Waals surface area contributed by atoms with Crippen LogP contribution in [0.3, 0.4) is 0 Å². The third-order valence-corrected chi connectivity index (χ3v) is 10.7. The number of oxazole rings is 1. The van der Waals surface area contributed by atoms with Gasteiger partial charge in [0.1, 0.15) is 10.5 Å². The molecule has 2 aromatic carbocycles. The maximum absolute atomic E-state index is 6.45. The van der Waals surface area contributed by atoms with Crippen molar-refractivity contribution in [2.24, 2.45) is 12.0 Å². The number of anilines is 1. The van der Waals surface area contributed by atoms with E-state index in [0.29, 0.717) is 41.1 Å². The molecule has 2 fully saturated rings. The maximum atomic E-state index is 6.45. The van der Waals surface area contributed by atoms with Gasteiger partial charge in [0.15, 0.2) is 29.8 Å². The predicted molar refractivity (Wildman–Crippen MR) is 175 cm³/mol. The zero-order valence-electron chi connectivity index (χ0n) is 23.7. The minimum atomic E-state index is 0.354. The van der Waals surface area contributed by atoms with Crippen LogP contribution in [-0.2, 0) is 23.1 Å². The molecule has 43 heavy (non-hydrogen) atoms. The van der Waals surface area contributed by atoms with E-state index in [1.54, 1.807) is 11.3 Å². The van der Waals surface area contributed by atoms with Gasteiger partial charge in [0.05, 0.1) is 18.3 Å². The Morgan fingerprint density at radius 3 is 2.67 bits per heavy atom. The summed E-state index contributed by atoms with van der Waals surface area (Å²) in [7, 11) is 3.98. The van der Waals surface area contributed by atoms with Crippen LogP contribution in [0.2, 0.25) is 5.02 Å². The van der Waals surface area contributed by atoms with Crippen LogP contribution >= 0.6 is 46.5 Å². The Morgan fingerprint density at radius 2 is 1.86 bits per heavy atom. The smallest absolute Gasteiger partial charge is 0.385 e. The molecule has 0 aliphatic carbocycles. The van der Waals surface area contributed by atoms with Crippen LogP contribution in [0.25, 0.3) is 21.4 Å². The van der Waals surface area contributed by atoms with Crippen molar-refractivity contribution in [3.8, 4) is 0 Å². The minimum Gasteiger partial charge on any atom is -0.463 e. The topological polar surface area (TPSA) is 70.4 Å². The number of halogens is 1. The Balaban J connectivity index is 1.28. The highest BCUT2D eigenvalue weighted by Gasteiger charge is 2.34. The van der Waals surface area contributed by atoms with Gasteiger partial charge >= 0.3 is 5.13 Å². The van der Waals surface area contributed by atoms with Gasteiger partial charge in [-0.25, -0.2) is 4.57 Å². The van der Waals surface area contributed by atoms with Gasteiger partial charge in [0.25, 0.3) is 10.7 Å². The fraction of sp³-hybridized carbons (Fsp3) is 0.233. The number of ether oxygens (including phenoxy) is 2. The fourth-order valence-corrected chi connectivity index (χ4v) is 8.16. The zero-order valence-corrected chi connectivity index (χ0v) is 26.9. The van der Waals surface area contributed by atoms with E-state index in [9.17, 15) is 0 Å². The zero-order chi connectivity index (χ0) is 29.5. The lowest BCUT2D eigenvalue weighted by Crippen LogP contribution is -2.37. The van der Waals surface area contributed by atoms with Crippen molar-refractivity contribution >= 4 is 84.0 Å². The molecule has 7 rings (SSSR count). The minimum absolute atomic E-state index is 0.354. The van der Waals surface area contributed by atoms with Crippen LogP contribution < -0.4 is 20.4 Å². The summed E-state index contributed by atoms with van der Waals surface area (Å²) in [4.78, 5) is 16.2. The highest BCUT2D eigenvalue weighted by molar-refractivity contribution is 8.18. The van der Waals surface area contributed by atoms with Crippen LogP contribution in [0.1, 0.15) is 12.5 Å². The molecule has 3 aliphatic heterocycles. The molecule has 13 heteroatoms. The molecule has 0 saturated carbocycles. The summed E-state index contributed by atoms with van der Waals surface area (Å²) in [6.45, 7) is 4.23. The summed E-state index contributed by atoms with van der Waals surface area (Å²) in [5, 5.41) is 4.75. The Kier molecular flexibility index (Phi) is 7.76. The van der Waals surface area contributed by atoms with E-state index in [4.69, 9.17) is 35.5 Å². The molecule has 0 bridgehead atoms. The molecule has 0 amide bonds. The lowest BCUT2D eigenvalue weighted by Gasteiger charge is -2.34. The van der Waals surface area contributed by atoms with Crippen molar-refractivity contribution in [1.82, 2.24) is 14.8 Å². The highest BCUT2D eigenvalue weighted by atomic mass is 35.5. The van der Waals surface area contributed by atoms with Crippen LogP contribution in [0.5, 0.6) is 0 Å². The lowest BCUT2D eigenvalue weighted by atomic mass is 10.2. The number of aryl methyl sites for hydroxylation is 1. The quantitative estimate of drug-likeness (QED) is 0.275.